The normalized spacial score (nSPS) is 33.3. The molecule has 3 fully saturated rings. The SMILES string of the molecule is COC1COCCC1N[C@@H]1C[C@H]2OC(c3ccns3)C[C@@]2(C(=O)N2CCc3ncc(C(F)(F)F)cc3C2)C1. The van der Waals surface area contributed by atoms with Gasteiger partial charge in [-0.2, -0.15) is 13.2 Å². The highest BCUT2D eigenvalue weighted by Gasteiger charge is 2.61. The maximum Gasteiger partial charge on any atom is 0.417 e. The van der Waals surface area contributed by atoms with Crippen LogP contribution in [0.2, 0.25) is 0 Å². The minimum Gasteiger partial charge on any atom is -0.379 e. The highest BCUT2D eigenvalue weighted by molar-refractivity contribution is 7.05. The fourth-order valence-electron chi connectivity index (χ4n) is 6.62. The fraction of sp³-hybridized carbons (Fsp3) is 0.654. The average molecular weight is 553 g/mol. The molecule has 1 aliphatic carbocycles. The Balaban J connectivity index is 1.24. The quantitative estimate of drug-likeness (QED) is 0.608. The lowest BCUT2D eigenvalue weighted by Gasteiger charge is -2.37. The summed E-state index contributed by atoms with van der Waals surface area (Å²) in [5.41, 5.74) is -0.460. The van der Waals surface area contributed by atoms with Crippen molar-refractivity contribution in [3.63, 3.8) is 0 Å². The summed E-state index contributed by atoms with van der Waals surface area (Å²) in [5, 5.41) is 3.72. The maximum atomic E-state index is 14.3. The third-order valence-corrected chi connectivity index (χ3v) is 9.35. The van der Waals surface area contributed by atoms with Gasteiger partial charge in [-0.05, 0) is 54.9 Å². The second-order valence-electron chi connectivity index (χ2n) is 10.7. The van der Waals surface area contributed by atoms with Crippen LogP contribution in [0.3, 0.4) is 0 Å². The van der Waals surface area contributed by atoms with Crippen LogP contribution in [0.5, 0.6) is 0 Å². The van der Waals surface area contributed by atoms with E-state index >= 15 is 0 Å². The summed E-state index contributed by atoms with van der Waals surface area (Å²) in [6.45, 7) is 1.73. The van der Waals surface area contributed by atoms with E-state index in [1.165, 1.54) is 11.5 Å². The molecule has 8 nitrogen and oxygen atoms in total. The third-order valence-electron chi connectivity index (χ3n) is 8.52. The van der Waals surface area contributed by atoms with Crippen LogP contribution in [0, 0.1) is 5.41 Å². The Bertz CT molecular complexity index is 1170. The van der Waals surface area contributed by atoms with Crippen LogP contribution in [-0.2, 0) is 38.1 Å². The summed E-state index contributed by atoms with van der Waals surface area (Å²) in [4.78, 5) is 21.0. The summed E-state index contributed by atoms with van der Waals surface area (Å²) in [6, 6.07) is 3.24. The molecule has 38 heavy (non-hydrogen) atoms. The van der Waals surface area contributed by atoms with Crippen molar-refractivity contribution in [1.29, 1.82) is 0 Å². The number of pyridine rings is 1. The first kappa shape index (κ1) is 26.1. The van der Waals surface area contributed by atoms with Crippen LogP contribution in [0.1, 0.15) is 53.5 Å². The molecule has 6 rings (SSSR count). The van der Waals surface area contributed by atoms with Crippen molar-refractivity contribution in [2.24, 2.45) is 5.41 Å². The summed E-state index contributed by atoms with van der Waals surface area (Å²) in [6.07, 6.45) is 0.630. The van der Waals surface area contributed by atoms with Crippen LogP contribution in [0.4, 0.5) is 13.2 Å². The summed E-state index contributed by atoms with van der Waals surface area (Å²) >= 11 is 1.37. The Morgan fingerprint density at radius 1 is 1.34 bits per heavy atom. The zero-order valence-corrected chi connectivity index (χ0v) is 21.9. The van der Waals surface area contributed by atoms with Crippen LogP contribution >= 0.6 is 11.5 Å². The minimum atomic E-state index is -4.48. The van der Waals surface area contributed by atoms with Gasteiger partial charge in [-0.1, -0.05) is 0 Å². The van der Waals surface area contributed by atoms with E-state index in [4.69, 9.17) is 14.2 Å². The lowest BCUT2D eigenvalue weighted by Crippen LogP contribution is -2.51. The Labute approximate surface area is 223 Å². The molecule has 12 heteroatoms. The molecule has 0 spiro atoms. The number of nitrogens with one attached hydrogen (secondary N) is 1. The van der Waals surface area contributed by atoms with Gasteiger partial charge in [0.1, 0.15) is 0 Å². The maximum absolute atomic E-state index is 14.3. The average Bonchev–Trinajstić information content (AvgIpc) is 3.63. The van der Waals surface area contributed by atoms with E-state index in [1.54, 1.807) is 18.2 Å². The summed E-state index contributed by atoms with van der Waals surface area (Å²) < 4.78 is 61.9. The largest absolute Gasteiger partial charge is 0.417 e. The van der Waals surface area contributed by atoms with Crippen molar-refractivity contribution >= 4 is 17.4 Å². The molecule has 1 amide bonds. The molecule has 4 aliphatic rings. The molecule has 2 aromatic heterocycles. The van der Waals surface area contributed by atoms with E-state index in [1.807, 2.05) is 6.07 Å². The number of hydrogen-bond acceptors (Lipinski definition) is 8. The van der Waals surface area contributed by atoms with Crippen molar-refractivity contribution in [1.82, 2.24) is 19.6 Å². The molecule has 0 bridgehead atoms. The van der Waals surface area contributed by atoms with Crippen molar-refractivity contribution in [3.8, 4) is 0 Å². The Kier molecular flexibility index (Phi) is 6.96. The lowest BCUT2D eigenvalue weighted by atomic mass is 9.78. The molecule has 2 aromatic rings. The van der Waals surface area contributed by atoms with E-state index in [0.29, 0.717) is 56.7 Å². The standard InChI is InChI=1S/C26H31F3N4O4S/c1-35-21-14-36-7-4-19(21)32-17-9-23-25(10-17,11-20(37-23)22-2-5-31-38-22)24(34)33-6-3-18-15(13-33)8-16(12-30-18)26(27,28)29/h2,5,8,12,17,19-21,23,32H,3-4,6-7,9-11,13-14H2,1H3/t17-,19?,20?,21?,23-,25+/m1/s1. The number of aromatic nitrogens is 2. The van der Waals surface area contributed by atoms with Gasteiger partial charge in [-0.15, -0.1) is 0 Å². The lowest BCUT2D eigenvalue weighted by molar-refractivity contribution is -0.145. The van der Waals surface area contributed by atoms with Crippen molar-refractivity contribution < 1.29 is 32.2 Å². The van der Waals surface area contributed by atoms with Gasteiger partial charge in [0, 0.05) is 63.4 Å². The second kappa shape index (κ2) is 10.1. The molecule has 206 valence electrons. The van der Waals surface area contributed by atoms with Gasteiger partial charge in [0.05, 0.1) is 40.8 Å². The van der Waals surface area contributed by atoms with E-state index in [9.17, 15) is 18.0 Å². The first-order chi connectivity index (χ1) is 18.3. The van der Waals surface area contributed by atoms with Gasteiger partial charge in [-0.3, -0.25) is 9.78 Å². The van der Waals surface area contributed by atoms with Gasteiger partial charge < -0.3 is 24.4 Å². The number of hydrogen-bond donors (Lipinski definition) is 1. The summed E-state index contributed by atoms with van der Waals surface area (Å²) in [7, 11) is 1.68. The predicted molar refractivity (Wildman–Crippen MR) is 131 cm³/mol. The number of ether oxygens (including phenoxy) is 3. The number of fused-ring (bicyclic) bond motifs is 2. The Hall–Kier alpha value is -2.12. The second-order valence-corrected chi connectivity index (χ2v) is 11.6. The predicted octanol–water partition coefficient (Wildman–Crippen LogP) is 3.51. The molecule has 2 saturated heterocycles. The number of halogens is 3. The first-order valence-corrected chi connectivity index (χ1v) is 13.8. The topological polar surface area (TPSA) is 85.8 Å². The van der Waals surface area contributed by atoms with Crippen LogP contribution in [0.25, 0.3) is 0 Å². The zero-order valence-electron chi connectivity index (χ0n) is 21.1. The van der Waals surface area contributed by atoms with Crippen molar-refractivity contribution in [2.45, 2.75) is 75.2 Å². The molecule has 0 aromatic carbocycles. The molecule has 5 heterocycles. The molecular formula is C26H31F3N4O4S. The van der Waals surface area contributed by atoms with Gasteiger partial charge >= 0.3 is 6.18 Å². The van der Waals surface area contributed by atoms with Crippen molar-refractivity contribution in [3.05, 3.63) is 46.2 Å². The van der Waals surface area contributed by atoms with Crippen LogP contribution < -0.4 is 5.32 Å². The number of nitrogens with zero attached hydrogens (tertiary/aromatic N) is 3. The Morgan fingerprint density at radius 3 is 2.97 bits per heavy atom. The van der Waals surface area contributed by atoms with E-state index < -0.39 is 17.2 Å². The highest BCUT2D eigenvalue weighted by Crippen LogP contribution is 2.56. The Morgan fingerprint density at radius 2 is 2.21 bits per heavy atom. The minimum absolute atomic E-state index is 0.0443. The number of amides is 1. The zero-order chi connectivity index (χ0) is 26.5. The van der Waals surface area contributed by atoms with Crippen LogP contribution in [-0.4, -0.2) is 71.3 Å². The van der Waals surface area contributed by atoms with Gasteiger partial charge in [0.25, 0.3) is 0 Å². The highest BCUT2D eigenvalue weighted by atomic mass is 32.1. The van der Waals surface area contributed by atoms with Gasteiger partial charge in [-0.25, -0.2) is 4.37 Å². The molecule has 1 N–H and O–H groups in total. The number of carbonyl (C=O) groups is 1. The van der Waals surface area contributed by atoms with Crippen LogP contribution in [0.15, 0.2) is 24.5 Å². The van der Waals surface area contributed by atoms with Crippen molar-refractivity contribution in [2.75, 3.05) is 26.9 Å². The molecule has 3 aliphatic heterocycles. The van der Waals surface area contributed by atoms with E-state index in [2.05, 4.69) is 14.7 Å². The monoisotopic (exact) mass is 552 g/mol. The summed E-state index contributed by atoms with van der Waals surface area (Å²) in [5.74, 6) is -0.0443. The molecular weight excluding hydrogens is 521 g/mol. The number of alkyl halides is 3. The number of carbonyl (C=O) groups excluding carboxylic acids is 1. The number of rotatable bonds is 5. The third kappa shape index (κ3) is 4.74. The fourth-order valence-corrected chi connectivity index (χ4v) is 7.24. The smallest absolute Gasteiger partial charge is 0.379 e. The van der Waals surface area contributed by atoms with Gasteiger partial charge in [0.15, 0.2) is 0 Å². The molecule has 1 saturated carbocycles. The molecule has 0 radical (unpaired) electrons. The first-order valence-electron chi connectivity index (χ1n) is 13.0. The van der Waals surface area contributed by atoms with Gasteiger partial charge in [0.2, 0.25) is 5.91 Å². The number of methoxy groups -OCH3 is 1. The molecule has 3 unspecified atom stereocenters. The van der Waals surface area contributed by atoms with E-state index in [0.717, 1.165) is 23.6 Å². The molecule has 6 atom stereocenters. The van der Waals surface area contributed by atoms with E-state index in [-0.39, 0.29) is 42.8 Å².